The highest BCUT2D eigenvalue weighted by Gasteiger charge is 2.29. The van der Waals surface area contributed by atoms with Gasteiger partial charge in [-0.1, -0.05) is 65.5 Å². The molecule has 4 nitrogen and oxygen atoms in total. The van der Waals surface area contributed by atoms with E-state index >= 15 is 0 Å². The van der Waals surface area contributed by atoms with Crippen molar-refractivity contribution < 1.29 is 9.59 Å². The highest BCUT2D eigenvalue weighted by molar-refractivity contribution is 6.36. The summed E-state index contributed by atoms with van der Waals surface area (Å²) in [4.78, 5) is 27.1. The highest BCUT2D eigenvalue weighted by Crippen LogP contribution is 2.27. The summed E-state index contributed by atoms with van der Waals surface area (Å²) in [6, 6.07) is 9.43. The maximum Gasteiger partial charge on any atom is 0.242 e. The molecule has 2 aromatic carbocycles. The van der Waals surface area contributed by atoms with Crippen LogP contribution in [0.1, 0.15) is 24.5 Å². The van der Waals surface area contributed by atoms with Crippen molar-refractivity contribution in [3.63, 3.8) is 0 Å². The van der Waals surface area contributed by atoms with Crippen LogP contribution in [0, 0.1) is 0 Å². The summed E-state index contributed by atoms with van der Waals surface area (Å²) in [6.45, 7) is 2.00. The van der Waals surface area contributed by atoms with Gasteiger partial charge in [0.15, 0.2) is 0 Å². The van der Waals surface area contributed by atoms with Crippen LogP contribution < -0.4 is 5.32 Å². The van der Waals surface area contributed by atoms with E-state index in [1.165, 1.54) is 11.9 Å². The molecule has 1 unspecified atom stereocenters. The first-order valence-corrected chi connectivity index (χ1v) is 10.2. The van der Waals surface area contributed by atoms with E-state index in [9.17, 15) is 9.59 Å². The van der Waals surface area contributed by atoms with Gasteiger partial charge in [0.1, 0.15) is 6.04 Å². The first-order chi connectivity index (χ1) is 13.3. The van der Waals surface area contributed by atoms with Gasteiger partial charge in [0.2, 0.25) is 11.8 Å². The maximum absolute atomic E-state index is 13.2. The van der Waals surface area contributed by atoms with E-state index < -0.39 is 6.04 Å². The normalized spacial score (nSPS) is 11.8. The number of hydrogen-bond donors (Lipinski definition) is 1. The number of halogens is 4. The molecule has 2 rings (SSSR count). The van der Waals surface area contributed by atoms with Crippen molar-refractivity contribution in [3.05, 3.63) is 67.6 Å². The Morgan fingerprint density at radius 3 is 2.21 bits per heavy atom. The second-order valence-corrected chi connectivity index (χ2v) is 7.83. The lowest BCUT2D eigenvalue weighted by Crippen LogP contribution is -2.48. The first kappa shape index (κ1) is 22.8. The Morgan fingerprint density at radius 2 is 1.68 bits per heavy atom. The van der Waals surface area contributed by atoms with Gasteiger partial charge in [-0.25, -0.2) is 0 Å². The molecule has 150 valence electrons. The zero-order valence-electron chi connectivity index (χ0n) is 15.4. The Labute approximate surface area is 184 Å². The molecule has 0 heterocycles. The third-order valence-electron chi connectivity index (χ3n) is 4.38. The molecule has 0 saturated heterocycles. The number of carbonyl (C=O) groups is 2. The number of benzene rings is 2. The van der Waals surface area contributed by atoms with Crippen LogP contribution in [0.25, 0.3) is 0 Å². The highest BCUT2D eigenvalue weighted by atomic mass is 35.5. The van der Waals surface area contributed by atoms with Crippen LogP contribution in [-0.4, -0.2) is 29.8 Å². The van der Waals surface area contributed by atoms with Gasteiger partial charge in [0.25, 0.3) is 0 Å². The van der Waals surface area contributed by atoms with Gasteiger partial charge in [0.05, 0.1) is 6.42 Å². The van der Waals surface area contributed by atoms with Crippen molar-refractivity contribution >= 4 is 58.2 Å². The molecule has 0 radical (unpaired) electrons. The Bertz CT molecular complexity index is 853. The number of rotatable bonds is 7. The summed E-state index contributed by atoms with van der Waals surface area (Å²) in [5.74, 6) is -0.539. The number of amides is 2. The molecule has 2 aromatic rings. The molecule has 28 heavy (non-hydrogen) atoms. The predicted molar refractivity (Wildman–Crippen MR) is 115 cm³/mol. The van der Waals surface area contributed by atoms with E-state index in [4.69, 9.17) is 46.4 Å². The molecule has 0 spiro atoms. The van der Waals surface area contributed by atoms with Crippen molar-refractivity contribution in [3.8, 4) is 0 Å². The monoisotopic (exact) mass is 460 g/mol. The Morgan fingerprint density at radius 1 is 1.04 bits per heavy atom. The second kappa shape index (κ2) is 10.4. The topological polar surface area (TPSA) is 49.4 Å². The molecule has 8 heteroatoms. The van der Waals surface area contributed by atoms with Crippen LogP contribution in [0.5, 0.6) is 0 Å². The molecule has 0 aliphatic heterocycles. The number of hydrogen-bond acceptors (Lipinski definition) is 2. The zero-order chi connectivity index (χ0) is 20.8. The predicted octanol–water partition coefficient (Wildman–Crippen LogP) is 5.40. The van der Waals surface area contributed by atoms with Crippen molar-refractivity contribution in [1.29, 1.82) is 0 Å². The summed E-state index contributed by atoms with van der Waals surface area (Å²) < 4.78 is 0. The lowest BCUT2D eigenvalue weighted by atomic mass is 10.1. The molecule has 0 aliphatic rings. The van der Waals surface area contributed by atoms with Gasteiger partial charge >= 0.3 is 0 Å². The quantitative estimate of drug-likeness (QED) is 0.600. The number of nitrogens with one attached hydrogen (secondary N) is 1. The van der Waals surface area contributed by atoms with Crippen LogP contribution in [0.3, 0.4) is 0 Å². The third-order valence-corrected chi connectivity index (χ3v) is 5.67. The average molecular weight is 462 g/mol. The summed E-state index contributed by atoms with van der Waals surface area (Å²) >= 11 is 24.7. The molecule has 0 aliphatic carbocycles. The van der Waals surface area contributed by atoms with Crippen LogP contribution in [0.15, 0.2) is 36.4 Å². The molecule has 0 saturated carbocycles. The summed E-state index contributed by atoms with van der Waals surface area (Å²) in [5, 5.41) is 4.33. The number of carbonyl (C=O) groups excluding carboxylic acids is 2. The standard InChI is InChI=1S/C20H20Cl4N2O2/c1-3-18(20(28)25-2)26(11-12-7-8-13(21)9-17(12)24)19(27)10-14-15(22)5-4-6-16(14)23/h4-9,18H,3,10-11H2,1-2H3,(H,25,28). The maximum atomic E-state index is 13.2. The van der Waals surface area contributed by atoms with E-state index in [2.05, 4.69) is 5.32 Å². The summed E-state index contributed by atoms with van der Waals surface area (Å²) in [7, 11) is 1.54. The summed E-state index contributed by atoms with van der Waals surface area (Å²) in [6.07, 6.45) is 0.407. The fourth-order valence-electron chi connectivity index (χ4n) is 2.87. The van der Waals surface area contributed by atoms with Gasteiger partial charge in [0, 0.05) is 33.7 Å². The van der Waals surface area contributed by atoms with Crippen molar-refractivity contribution in [1.82, 2.24) is 10.2 Å². The average Bonchev–Trinajstić information content (AvgIpc) is 2.65. The van der Waals surface area contributed by atoms with Crippen molar-refractivity contribution in [2.75, 3.05) is 7.05 Å². The van der Waals surface area contributed by atoms with Gasteiger partial charge in [-0.05, 0) is 41.8 Å². The Kier molecular flexibility index (Phi) is 8.44. The van der Waals surface area contributed by atoms with Gasteiger partial charge in [-0.2, -0.15) is 0 Å². The minimum absolute atomic E-state index is 0.0305. The number of likely N-dealkylation sites (N-methyl/N-ethyl adjacent to an activating group) is 1. The van der Waals surface area contributed by atoms with Crippen LogP contribution >= 0.6 is 46.4 Å². The lowest BCUT2D eigenvalue weighted by Gasteiger charge is -2.31. The van der Waals surface area contributed by atoms with Crippen LogP contribution in [0.2, 0.25) is 20.1 Å². The molecule has 2 amide bonds. The Hall–Kier alpha value is -1.46. The molecular formula is C20H20Cl4N2O2. The van der Waals surface area contributed by atoms with Gasteiger partial charge in [-0.3, -0.25) is 9.59 Å². The van der Waals surface area contributed by atoms with Crippen molar-refractivity contribution in [2.45, 2.75) is 32.4 Å². The minimum atomic E-state index is -0.662. The third kappa shape index (κ3) is 5.54. The fourth-order valence-corrected chi connectivity index (χ4v) is 3.87. The zero-order valence-corrected chi connectivity index (χ0v) is 18.5. The molecular weight excluding hydrogens is 442 g/mol. The second-order valence-electron chi connectivity index (χ2n) is 6.17. The van der Waals surface area contributed by atoms with E-state index in [1.807, 2.05) is 6.92 Å². The molecule has 0 bridgehead atoms. The molecule has 0 fully saturated rings. The van der Waals surface area contributed by atoms with E-state index in [0.29, 0.717) is 37.6 Å². The molecule has 1 atom stereocenters. The van der Waals surface area contributed by atoms with E-state index in [0.717, 1.165) is 0 Å². The van der Waals surface area contributed by atoms with Gasteiger partial charge < -0.3 is 10.2 Å². The minimum Gasteiger partial charge on any atom is -0.357 e. The van der Waals surface area contributed by atoms with Gasteiger partial charge in [-0.15, -0.1) is 0 Å². The molecule has 1 N–H and O–H groups in total. The summed E-state index contributed by atoms with van der Waals surface area (Å²) in [5.41, 5.74) is 1.21. The first-order valence-electron chi connectivity index (χ1n) is 8.66. The largest absolute Gasteiger partial charge is 0.357 e. The van der Waals surface area contributed by atoms with Crippen molar-refractivity contribution in [2.24, 2.45) is 0 Å². The lowest BCUT2D eigenvalue weighted by molar-refractivity contribution is -0.140. The van der Waals surface area contributed by atoms with Crippen LogP contribution in [0.4, 0.5) is 0 Å². The number of nitrogens with zero attached hydrogens (tertiary/aromatic N) is 1. The smallest absolute Gasteiger partial charge is 0.242 e. The fraction of sp³-hybridized carbons (Fsp3) is 0.300. The van der Waals surface area contributed by atoms with E-state index in [1.54, 1.807) is 36.4 Å². The SMILES string of the molecule is CCC(C(=O)NC)N(Cc1ccc(Cl)cc1Cl)C(=O)Cc1c(Cl)cccc1Cl. The molecule has 0 aromatic heterocycles. The van der Waals surface area contributed by atoms with Crippen LogP contribution in [-0.2, 0) is 22.6 Å². The van der Waals surface area contributed by atoms with E-state index in [-0.39, 0.29) is 24.8 Å². The Balaban J connectivity index is 2.39.